The zero-order chi connectivity index (χ0) is 15.7. The molecule has 1 amide bonds. The Kier molecular flexibility index (Phi) is 3.76. The van der Waals surface area contributed by atoms with Crippen LogP contribution in [0.25, 0.3) is 11.0 Å². The molecule has 0 aromatic carbocycles. The minimum absolute atomic E-state index is 0.220. The number of nitrogens with zero attached hydrogens (tertiary/aromatic N) is 3. The number of carbonyl (C=O) groups excluding carboxylic acids is 1. The fourth-order valence-corrected chi connectivity index (χ4v) is 2.86. The molecule has 1 aliphatic rings. The van der Waals surface area contributed by atoms with Crippen molar-refractivity contribution in [1.29, 1.82) is 0 Å². The Balaban J connectivity index is 1.66. The molecule has 0 saturated carbocycles. The van der Waals surface area contributed by atoms with Gasteiger partial charge in [-0.15, -0.1) is 0 Å². The van der Waals surface area contributed by atoms with Crippen molar-refractivity contribution in [2.75, 3.05) is 13.1 Å². The summed E-state index contributed by atoms with van der Waals surface area (Å²) < 4.78 is 5.43. The zero-order valence-electron chi connectivity index (χ0n) is 13.3. The lowest BCUT2D eigenvalue weighted by Crippen LogP contribution is -2.41. The number of carbonyl (C=O) groups is 1. The second-order valence-corrected chi connectivity index (χ2v) is 6.75. The van der Waals surface area contributed by atoms with E-state index in [9.17, 15) is 4.79 Å². The number of ether oxygens (including phenoxy) is 1. The highest BCUT2D eigenvalue weighted by molar-refractivity contribution is 5.78. The first-order valence-electron chi connectivity index (χ1n) is 7.71. The molecule has 0 unspecified atom stereocenters. The highest BCUT2D eigenvalue weighted by atomic mass is 16.6. The summed E-state index contributed by atoms with van der Waals surface area (Å²) in [7, 11) is 0. The van der Waals surface area contributed by atoms with Crippen molar-refractivity contribution in [1.82, 2.24) is 20.1 Å². The Morgan fingerprint density at radius 3 is 2.77 bits per heavy atom. The molecule has 1 aliphatic heterocycles. The van der Waals surface area contributed by atoms with E-state index in [1.807, 2.05) is 32.9 Å². The standard InChI is InChI=1S/C16H22N4O2/c1-16(2,3)22-15(21)20-9-6-11(7-10-20)13-12-5-4-8-17-14(12)19-18-13/h4-5,8,11H,6-7,9-10H2,1-3H3,(H,17,18,19). The second-order valence-electron chi connectivity index (χ2n) is 6.75. The summed E-state index contributed by atoms with van der Waals surface area (Å²) in [5.41, 5.74) is 1.44. The molecular weight excluding hydrogens is 280 g/mol. The van der Waals surface area contributed by atoms with Crippen molar-refractivity contribution in [3.05, 3.63) is 24.0 Å². The van der Waals surface area contributed by atoms with Gasteiger partial charge in [-0.25, -0.2) is 9.78 Å². The first-order chi connectivity index (χ1) is 10.4. The van der Waals surface area contributed by atoms with Crippen LogP contribution >= 0.6 is 0 Å². The second kappa shape index (κ2) is 5.59. The number of fused-ring (bicyclic) bond motifs is 1. The molecule has 1 saturated heterocycles. The van der Waals surface area contributed by atoms with Crippen LogP contribution in [0.2, 0.25) is 0 Å². The third-order valence-corrected chi connectivity index (χ3v) is 3.91. The van der Waals surface area contributed by atoms with Crippen LogP contribution in [0.15, 0.2) is 18.3 Å². The van der Waals surface area contributed by atoms with Gasteiger partial charge in [-0.3, -0.25) is 5.10 Å². The predicted molar refractivity (Wildman–Crippen MR) is 83.7 cm³/mol. The Morgan fingerprint density at radius 1 is 1.36 bits per heavy atom. The maximum absolute atomic E-state index is 12.1. The first-order valence-corrected chi connectivity index (χ1v) is 7.71. The molecule has 0 aliphatic carbocycles. The average molecular weight is 302 g/mol. The molecule has 1 N–H and O–H groups in total. The van der Waals surface area contributed by atoms with E-state index in [2.05, 4.69) is 15.2 Å². The van der Waals surface area contributed by atoms with Crippen molar-refractivity contribution in [3.8, 4) is 0 Å². The number of amides is 1. The molecule has 0 atom stereocenters. The van der Waals surface area contributed by atoms with Gasteiger partial charge < -0.3 is 9.64 Å². The molecule has 3 rings (SSSR count). The number of pyridine rings is 1. The van der Waals surface area contributed by atoms with E-state index in [0.717, 1.165) is 29.6 Å². The fourth-order valence-electron chi connectivity index (χ4n) is 2.86. The Hall–Kier alpha value is -2.11. The topological polar surface area (TPSA) is 71.1 Å². The molecule has 3 heterocycles. The number of hydrogen-bond donors (Lipinski definition) is 1. The number of aromatic amines is 1. The summed E-state index contributed by atoms with van der Waals surface area (Å²) in [6.45, 7) is 7.09. The van der Waals surface area contributed by atoms with Crippen LogP contribution in [0.1, 0.15) is 45.2 Å². The minimum Gasteiger partial charge on any atom is -0.444 e. The van der Waals surface area contributed by atoms with Gasteiger partial charge in [0.2, 0.25) is 0 Å². The van der Waals surface area contributed by atoms with Crippen molar-refractivity contribution in [2.45, 2.75) is 45.1 Å². The lowest BCUT2D eigenvalue weighted by molar-refractivity contribution is 0.0204. The molecule has 2 aromatic heterocycles. The highest BCUT2D eigenvalue weighted by Gasteiger charge is 2.28. The normalized spacial score (nSPS) is 17.0. The summed E-state index contributed by atoms with van der Waals surface area (Å²) in [5.74, 6) is 0.382. The van der Waals surface area contributed by atoms with Gasteiger partial charge in [0.25, 0.3) is 0 Å². The van der Waals surface area contributed by atoms with Crippen molar-refractivity contribution in [3.63, 3.8) is 0 Å². The number of rotatable bonds is 1. The molecule has 0 spiro atoms. The van der Waals surface area contributed by atoms with E-state index in [4.69, 9.17) is 4.74 Å². The number of likely N-dealkylation sites (tertiary alicyclic amines) is 1. The van der Waals surface area contributed by atoms with E-state index in [-0.39, 0.29) is 6.09 Å². The van der Waals surface area contributed by atoms with E-state index in [1.165, 1.54) is 0 Å². The maximum Gasteiger partial charge on any atom is 0.410 e. The van der Waals surface area contributed by atoms with Gasteiger partial charge in [0.15, 0.2) is 5.65 Å². The Labute approximate surface area is 129 Å². The molecular formula is C16H22N4O2. The Bertz CT molecular complexity index is 666. The van der Waals surface area contributed by atoms with Crippen molar-refractivity contribution < 1.29 is 9.53 Å². The van der Waals surface area contributed by atoms with Crippen molar-refractivity contribution >= 4 is 17.1 Å². The fraction of sp³-hybridized carbons (Fsp3) is 0.562. The molecule has 118 valence electrons. The predicted octanol–water partition coefficient (Wildman–Crippen LogP) is 3.07. The Morgan fingerprint density at radius 2 is 2.09 bits per heavy atom. The van der Waals surface area contributed by atoms with Crippen molar-refractivity contribution in [2.24, 2.45) is 0 Å². The zero-order valence-corrected chi connectivity index (χ0v) is 13.3. The van der Waals surface area contributed by atoms with Gasteiger partial charge in [-0.05, 0) is 45.7 Å². The third-order valence-electron chi connectivity index (χ3n) is 3.91. The van der Waals surface area contributed by atoms with Crippen LogP contribution < -0.4 is 0 Å². The summed E-state index contributed by atoms with van der Waals surface area (Å²) in [6, 6.07) is 3.97. The molecule has 6 nitrogen and oxygen atoms in total. The van der Waals surface area contributed by atoms with Gasteiger partial charge >= 0.3 is 6.09 Å². The smallest absolute Gasteiger partial charge is 0.410 e. The number of hydrogen-bond acceptors (Lipinski definition) is 4. The quantitative estimate of drug-likeness (QED) is 0.878. The molecule has 0 radical (unpaired) electrons. The molecule has 2 aromatic rings. The lowest BCUT2D eigenvalue weighted by atomic mass is 9.92. The van der Waals surface area contributed by atoms with Gasteiger partial charge in [-0.1, -0.05) is 0 Å². The first kappa shape index (κ1) is 14.8. The summed E-state index contributed by atoms with van der Waals surface area (Å²) in [4.78, 5) is 18.1. The van der Waals surface area contributed by atoms with Gasteiger partial charge in [0, 0.05) is 36.3 Å². The van der Waals surface area contributed by atoms with Gasteiger partial charge in [0.05, 0.1) is 0 Å². The summed E-state index contributed by atoms with van der Waals surface area (Å²) >= 11 is 0. The lowest BCUT2D eigenvalue weighted by Gasteiger charge is -2.33. The monoisotopic (exact) mass is 302 g/mol. The highest BCUT2D eigenvalue weighted by Crippen LogP contribution is 2.31. The largest absolute Gasteiger partial charge is 0.444 e. The molecule has 22 heavy (non-hydrogen) atoms. The average Bonchev–Trinajstić information content (AvgIpc) is 2.89. The van der Waals surface area contributed by atoms with Crippen LogP contribution in [-0.4, -0.2) is 44.9 Å². The number of H-pyrrole nitrogens is 1. The number of nitrogens with one attached hydrogen (secondary N) is 1. The van der Waals surface area contributed by atoms with Crippen LogP contribution in [0.5, 0.6) is 0 Å². The molecule has 0 bridgehead atoms. The van der Waals surface area contributed by atoms with E-state index >= 15 is 0 Å². The van der Waals surface area contributed by atoms with Gasteiger partial charge in [0.1, 0.15) is 5.60 Å². The summed E-state index contributed by atoms with van der Waals surface area (Å²) in [5, 5.41) is 8.46. The van der Waals surface area contributed by atoms with Crippen LogP contribution in [0.4, 0.5) is 4.79 Å². The molecule has 1 fully saturated rings. The van der Waals surface area contributed by atoms with Crippen LogP contribution in [0, 0.1) is 0 Å². The van der Waals surface area contributed by atoms with Crippen LogP contribution in [0.3, 0.4) is 0 Å². The van der Waals surface area contributed by atoms with E-state index in [1.54, 1.807) is 11.1 Å². The van der Waals surface area contributed by atoms with E-state index < -0.39 is 5.60 Å². The van der Waals surface area contributed by atoms with E-state index in [0.29, 0.717) is 19.0 Å². The van der Waals surface area contributed by atoms with Gasteiger partial charge in [-0.2, -0.15) is 5.10 Å². The minimum atomic E-state index is -0.445. The molecule has 6 heteroatoms. The summed E-state index contributed by atoms with van der Waals surface area (Å²) in [6.07, 6.45) is 3.34. The maximum atomic E-state index is 12.1. The number of aromatic nitrogens is 3. The SMILES string of the molecule is CC(C)(C)OC(=O)N1CCC(c2[nH]nc3ncccc23)CC1. The third kappa shape index (κ3) is 3.05. The van der Waals surface area contributed by atoms with Crippen LogP contribution in [-0.2, 0) is 4.74 Å². The number of piperidine rings is 1.